The summed E-state index contributed by atoms with van der Waals surface area (Å²) >= 11 is 0. The summed E-state index contributed by atoms with van der Waals surface area (Å²) in [5.41, 5.74) is 2.08. The molecule has 7 nitrogen and oxygen atoms in total. The Kier molecular flexibility index (Phi) is 4.02. The Bertz CT molecular complexity index is 746. The molecule has 0 aliphatic carbocycles. The van der Waals surface area contributed by atoms with Crippen LogP contribution in [-0.4, -0.2) is 21.2 Å². The van der Waals surface area contributed by atoms with Gasteiger partial charge >= 0.3 is 5.97 Å². The molecule has 0 saturated carbocycles. The van der Waals surface area contributed by atoms with E-state index in [0.717, 1.165) is 12.1 Å². The van der Waals surface area contributed by atoms with Gasteiger partial charge in [-0.05, 0) is 19.9 Å². The minimum absolute atomic E-state index is 0.0119. The summed E-state index contributed by atoms with van der Waals surface area (Å²) < 4.78 is 1.96. The van der Waals surface area contributed by atoms with Crippen molar-refractivity contribution in [3.63, 3.8) is 0 Å². The number of aromatic nitrogens is 1. The number of oxime groups is 1. The van der Waals surface area contributed by atoms with Crippen LogP contribution in [0, 0.1) is 10.1 Å². The van der Waals surface area contributed by atoms with E-state index < -0.39 is 10.9 Å². The molecule has 7 heteroatoms. The van der Waals surface area contributed by atoms with Crippen molar-refractivity contribution < 1.29 is 14.6 Å². The van der Waals surface area contributed by atoms with E-state index in [-0.39, 0.29) is 5.69 Å². The zero-order valence-corrected chi connectivity index (χ0v) is 12.0. The van der Waals surface area contributed by atoms with Crippen molar-refractivity contribution in [1.29, 1.82) is 0 Å². The van der Waals surface area contributed by atoms with E-state index >= 15 is 0 Å². The highest BCUT2D eigenvalue weighted by Crippen LogP contribution is 2.26. The molecule has 0 fully saturated rings. The van der Waals surface area contributed by atoms with Crippen LogP contribution >= 0.6 is 0 Å². The molecular weight excluding hydrogens is 274 g/mol. The van der Waals surface area contributed by atoms with Crippen LogP contribution in [0.5, 0.6) is 0 Å². The van der Waals surface area contributed by atoms with Gasteiger partial charge in [-0.2, -0.15) is 0 Å². The van der Waals surface area contributed by atoms with Crippen molar-refractivity contribution in [1.82, 2.24) is 4.57 Å². The third-order valence-corrected chi connectivity index (χ3v) is 3.12. The number of benzene rings is 1. The van der Waals surface area contributed by atoms with Crippen LogP contribution < -0.4 is 0 Å². The number of hydrogen-bond acceptors (Lipinski definition) is 5. The maximum absolute atomic E-state index is 10.9. The number of nitrogens with zero attached hydrogens (tertiary/aromatic N) is 3. The van der Waals surface area contributed by atoms with E-state index in [4.69, 9.17) is 0 Å². The number of rotatable bonds is 4. The Morgan fingerprint density at radius 2 is 2.14 bits per heavy atom. The SMILES string of the molecule is CCn1cc(C(C)=NOC(C)=O)c2cc([N+](=O)[O-])ccc21. The molecule has 110 valence electrons. The Hall–Kier alpha value is -2.70. The van der Waals surface area contributed by atoms with Crippen LogP contribution in [0.2, 0.25) is 0 Å². The Labute approximate surface area is 120 Å². The standard InChI is InChI=1S/C14H15N3O4/c1-4-16-8-13(9(2)15-21-10(3)18)12-7-11(17(19)20)5-6-14(12)16/h5-8H,4H2,1-3H3. The number of non-ortho nitro benzene ring substituents is 1. The van der Waals surface area contributed by atoms with E-state index in [1.54, 1.807) is 13.0 Å². The van der Waals surface area contributed by atoms with Gasteiger partial charge in [-0.1, -0.05) is 5.16 Å². The summed E-state index contributed by atoms with van der Waals surface area (Å²) in [5.74, 6) is -0.514. The Morgan fingerprint density at radius 1 is 1.43 bits per heavy atom. The highest BCUT2D eigenvalue weighted by Gasteiger charge is 2.15. The summed E-state index contributed by atoms with van der Waals surface area (Å²) in [6.45, 7) is 5.64. The molecule has 21 heavy (non-hydrogen) atoms. The van der Waals surface area contributed by atoms with E-state index in [1.807, 2.05) is 17.7 Å². The minimum atomic E-state index is -0.514. The molecule has 1 aromatic heterocycles. The first kappa shape index (κ1) is 14.7. The lowest BCUT2D eigenvalue weighted by Gasteiger charge is -1.99. The van der Waals surface area contributed by atoms with Gasteiger partial charge in [-0.3, -0.25) is 10.1 Å². The number of nitro benzene ring substituents is 1. The summed E-state index contributed by atoms with van der Waals surface area (Å²) in [4.78, 5) is 25.9. The fourth-order valence-corrected chi connectivity index (χ4v) is 2.13. The number of nitro groups is 1. The summed E-state index contributed by atoms with van der Waals surface area (Å²) in [6, 6.07) is 4.68. The Morgan fingerprint density at radius 3 is 2.71 bits per heavy atom. The fraction of sp³-hybridized carbons (Fsp3) is 0.286. The average molecular weight is 289 g/mol. The molecule has 0 unspecified atom stereocenters. The van der Waals surface area contributed by atoms with Crippen LogP contribution in [0.3, 0.4) is 0 Å². The van der Waals surface area contributed by atoms with Crippen LogP contribution in [0.25, 0.3) is 10.9 Å². The largest absolute Gasteiger partial charge is 0.347 e. The molecule has 0 aliphatic rings. The van der Waals surface area contributed by atoms with E-state index in [2.05, 4.69) is 9.99 Å². The molecule has 2 rings (SSSR count). The average Bonchev–Trinajstić information content (AvgIpc) is 2.82. The second kappa shape index (κ2) is 5.74. The van der Waals surface area contributed by atoms with Crippen LogP contribution in [0.15, 0.2) is 29.6 Å². The zero-order chi connectivity index (χ0) is 15.6. The predicted molar refractivity (Wildman–Crippen MR) is 78.2 cm³/mol. The Balaban J connectivity index is 2.61. The molecular formula is C14H15N3O4. The van der Waals surface area contributed by atoms with E-state index in [9.17, 15) is 14.9 Å². The van der Waals surface area contributed by atoms with Gasteiger partial charge in [0.2, 0.25) is 0 Å². The van der Waals surface area contributed by atoms with Crippen LogP contribution in [0.4, 0.5) is 5.69 Å². The minimum Gasteiger partial charge on any atom is -0.347 e. The molecule has 0 amide bonds. The van der Waals surface area contributed by atoms with E-state index in [0.29, 0.717) is 16.7 Å². The third kappa shape index (κ3) is 2.91. The lowest BCUT2D eigenvalue weighted by Crippen LogP contribution is -1.99. The van der Waals surface area contributed by atoms with Gasteiger partial charge in [0.1, 0.15) is 0 Å². The smallest absolute Gasteiger partial charge is 0.331 e. The van der Waals surface area contributed by atoms with Crippen molar-refractivity contribution in [2.45, 2.75) is 27.3 Å². The van der Waals surface area contributed by atoms with Crippen molar-refractivity contribution >= 4 is 28.3 Å². The van der Waals surface area contributed by atoms with Crippen LogP contribution in [-0.2, 0) is 16.2 Å². The van der Waals surface area contributed by atoms with Gasteiger partial charge in [-0.15, -0.1) is 0 Å². The summed E-state index contributed by atoms with van der Waals surface area (Å²) in [6.07, 6.45) is 1.84. The van der Waals surface area contributed by atoms with Gasteiger partial charge < -0.3 is 9.40 Å². The molecule has 2 aromatic rings. The van der Waals surface area contributed by atoms with Gasteiger partial charge in [-0.25, -0.2) is 4.79 Å². The van der Waals surface area contributed by atoms with Crippen molar-refractivity contribution in [2.24, 2.45) is 5.16 Å². The van der Waals surface area contributed by atoms with Gasteiger partial charge in [0.15, 0.2) is 0 Å². The van der Waals surface area contributed by atoms with Gasteiger partial charge in [0.25, 0.3) is 5.69 Å². The van der Waals surface area contributed by atoms with Gasteiger partial charge in [0.05, 0.1) is 10.6 Å². The molecule has 0 saturated heterocycles. The molecule has 0 aliphatic heterocycles. The lowest BCUT2D eigenvalue weighted by atomic mass is 10.1. The molecule has 1 aromatic carbocycles. The molecule has 0 spiro atoms. The van der Waals surface area contributed by atoms with E-state index in [1.165, 1.54) is 19.1 Å². The number of fused-ring (bicyclic) bond motifs is 1. The number of hydrogen-bond donors (Lipinski definition) is 0. The normalized spacial score (nSPS) is 11.7. The highest BCUT2D eigenvalue weighted by molar-refractivity contribution is 6.10. The third-order valence-electron chi connectivity index (χ3n) is 3.12. The van der Waals surface area contributed by atoms with Gasteiger partial charge in [0, 0.05) is 48.3 Å². The number of aryl methyl sites for hydroxylation is 1. The topological polar surface area (TPSA) is 86.7 Å². The van der Waals surface area contributed by atoms with Crippen molar-refractivity contribution in [3.8, 4) is 0 Å². The molecule has 0 N–H and O–H groups in total. The first-order valence-corrected chi connectivity index (χ1v) is 6.44. The monoisotopic (exact) mass is 289 g/mol. The van der Waals surface area contributed by atoms with Crippen molar-refractivity contribution in [2.75, 3.05) is 0 Å². The number of carbonyl (C=O) groups excluding carboxylic acids is 1. The first-order valence-electron chi connectivity index (χ1n) is 6.44. The lowest BCUT2D eigenvalue weighted by molar-refractivity contribution is -0.384. The molecule has 0 atom stereocenters. The van der Waals surface area contributed by atoms with Crippen LogP contribution in [0.1, 0.15) is 26.3 Å². The predicted octanol–water partition coefficient (Wildman–Crippen LogP) is 2.86. The maximum Gasteiger partial charge on any atom is 0.331 e. The number of carbonyl (C=O) groups is 1. The molecule has 1 heterocycles. The second-order valence-electron chi connectivity index (χ2n) is 4.55. The highest BCUT2D eigenvalue weighted by atomic mass is 16.7. The quantitative estimate of drug-likeness (QED) is 0.375. The molecule has 0 bridgehead atoms. The maximum atomic E-state index is 10.9. The second-order valence-corrected chi connectivity index (χ2v) is 4.55. The zero-order valence-electron chi connectivity index (χ0n) is 12.0. The summed E-state index contributed by atoms with van der Waals surface area (Å²) in [7, 11) is 0. The fourth-order valence-electron chi connectivity index (χ4n) is 2.13. The van der Waals surface area contributed by atoms with Crippen molar-refractivity contribution in [3.05, 3.63) is 40.1 Å². The molecule has 0 radical (unpaired) electrons. The first-order chi connectivity index (χ1) is 9.93. The summed E-state index contributed by atoms with van der Waals surface area (Å²) in [5, 5.41) is 15.4.